The third-order valence-corrected chi connectivity index (χ3v) is 3.44. The molecule has 1 fully saturated rings. The molecule has 2 heterocycles. The summed E-state index contributed by atoms with van der Waals surface area (Å²) in [5.41, 5.74) is 0.626. The van der Waals surface area contributed by atoms with Gasteiger partial charge in [0.05, 0.1) is 18.0 Å². The molecular weight excluding hydrogens is 228 g/mol. The second kappa shape index (κ2) is 6.44. The standard InChI is InChI=1S/C13H20N4O/c1-2-17(10-11-3-6-14-7-4-11)13(18)12-5-8-15-16-9-12/h5,8-9,11,14H,2-4,6-7,10H2,1H3. The molecule has 0 bridgehead atoms. The molecule has 0 aromatic carbocycles. The van der Waals surface area contributed by atoms with E-state index in [9.17, 15) is 4.79 Å². The summed E-state index contributed by atoms with van der Waals surface area (Å²) in [6.45, 7) is 5.73. The topological polar surface area (TPSA) is 58.1 Å². The van der Waals surface area contributed by atoms with Crippen LogP contribution in [0.4, 0.5) is 0 Å². The second-order valence-electron chi connectivity index (χ2n) is 4.67. The van der Waals surface area contributed by atoms with E-state index < -0.39 is 0 Å². The van der Waals surface area contributed by atoms with Gasteiger partial charge >= 0.3 is 0 Å². The number of carbonyl (C=O) groups excluding carboxylic acids is 1. The van der Waals surface area contributed by atoms with Gasteiger partial charge in [-0.15, -0.1) is 0 Å². The maximum Gasteiger partial charge on any atom is 0.255 e. The molecule has 0 saturated carbocycles. The maximum atomic E-state index is 12.3. The van der Waals surface area contributed by atoms with Crippen molar-refractivity contribution in [3.05, 3.63) is 24.0 Å². The molecule has 1 saturated heterocycles. The summed E-state index contributed by atoms with van der Waals surface area (Å²) in [6.07, 6.45) is 5.40. The lowest BCUT2D eigenvalue weighted by Crippen LogP contribution is -2.39. The molecule has 0 radical (unpaired) electrons. The highest BCUT2D eigenvalue weighted by atomic mass is 16.2. The molecule has 5 heteroatoms. The molecular formula is C13H20N4O. The Morgan fingerprint density at radius 2 is 2.22 bits per heavy atom. The zero-order valence-electron chi connectivity index (χ0n) is 10.8. The largest absolute Gasteiger partial charge is 0.339 e. The van der Waals surface area contributed by atoms with Crippen molar-refractivity contribution in [1.82, 2.24) is 20.4 Å². The van der Waals surface area contributed by atoms with Crippen molar-refractivity contribution in [2.45, 2.75) is 19.8 Å². The molecule has 1 aromatic rings. The Balaban J connectivity index is 1.97. The van der Waals surface area contributed by atoms with Gasteiger partial charge in [-0.25, -0.2) is 0 Å². The first-order valence-electron chi connectivity index (χ1n) is 6.58. The number of rotatable bonds is 4. The highest BCUT2D eigenvalue weighted by Gasteiger charge is 2.20. The Bertz CT molecular complexity index is 376. The van der Waals surface area contributed by atoms with Crippen LogP contribution in [0.5, 0.6) is 0 Å². The first-order valence-corrected chi connectivity index (χ1v) is 6.58. The third kappa shape index (κ3) is 3.26. The first kappa shape index (κ1) is 13.0. The SMILES string of the molecule is CCN(CC1CCNCC1)C(=O)c1ccnnc1. The molecule has 18 heavy (non-hydrogen) atoms. The Morgan fingerprint density at radius 3 is 2.83 bits per heavy atom. The van der Waals surface area contributed by atoms with Crippen LogP contribution in [0.25, 0.3) is 0 Å². The summed E-state index contributed by atoms with van der Waals surface area (Å²) >= 11 is 0. The molecule has 1 N–H and O–H groups in total. The lowest BCUT2D eigenvalue weighted by Gasteiger charge is -2.29. The van der Waals surface area contributed by atoms with E-state index in [0.29, 0.717) is 11.5 Å². The van der Waals surface area contributed by atoms with Crippen LogP contribution >= 0.6 is 0 Å². The van der Waals surface area contributed by atoms with E-state index in [2.05, 4.69) is 15.5 Å². The number of aromatic nitrogens is 2. The minimum absolute atomic E-state index is 0.0610. The molecule has 0 unspecified atom stereocenters. The first-order chi connectivity index (χ1) is 8.81. The summed E-state index contributed by atoms with van der Waals surface area (Å²) in [6, 6.07) is 1.72. The fourth-order valence-electron chi connectivity index (χ4n) is 2.33. The number of amides is 1. The molecule has 2 rings (SSSR count). The van der Waals surface area contributed by atoms with Gasteiger partial charge in [0.2, 0.25) is 0 Å². The van der Waals surface area contributed by atoms with Gasteiger partial charge in [-0.05, 0) is 44.8 Å². The Morgan fingerprint density at radius 1 is 1.44 bits per heavy atom. The Labute approximate surface area is 108 Å². The minimum Gasteiger partial charge on any atom is -0.339 e. The zero-order chi connectivity index (χ0) is 12.8. The quantitative estimate of drug-likeness (QED) is 0.861. The molecule has 1 aliphatic heterocycles. The lowest BCUT2D eigenvalue weighted by molar-refractivity contribution is 0.0726. The third-order valence-electron chi connectivity index (χ3n) is 3.44. The molecule has 1 aromatic heterocycles. The van der Waals surface area contributed by atoms with Gasteiger partial charge in [0.15, 0.2) is 0 Å². The van der Waals surface area contributed by atoms with E-state index in [-0.39, 0.29) is 5.91 Å². The molecule has 0 atom stereocenters. The fourth-order valence-corrected chi connectivity index (χ4v) is 2.33. The van der Waals surface area contributed by atoms with E-state index in [0.717, 1.165) is 39.0 Å². The van der Waals surface area contributed by atoms with Crippen molar-refractivity contribution in [2.24, 2.45) is 5.92 Å². The number of carbonyl (C=O) groups is 1. The summed E-state index contributed by atoms with van der Waals surface area (Å²) in [4.78, 5) is 14.2. The van der Waals surface area contributed by atoms with Crippen LogP contribution in [-0.2, 0) is 0 Å². The smallest absolute Gasteiger partial charge is 0.255 e. The summed E-state index contributed by atoms with van der Waals surface area (Å²) in [5, 5.41) is 10.8. The van der Waals surface area contributed by atoms with E-state index in [4.69, 9.17) is 0 Å². The van der Waals surface area contributed by atoms with Crippen LogP contribution in [-0.4, -0.2) is 47.2 Å². The molecule has 5 nitrogen and oxygen atoms in total. The fraction of sp³-hybridized carbons (Fsp3) is 0.615. The van der Waals surface area contributed by atoms with Crippen LogP contribution < -0.4 is 5.32 Å². The van der Waals surface area contributed by atoms with Gasteiger partial charge < -0.3 is 10.2 Å². The lowest BCUT2D eigenvalue weighted by atomic mass is 9.97. The van der Waals surface area contributed by atoms with Gasteiger partial charge in [-0.1, -0.05) is 0 Å². The number of hydrogen-bond acceptors (Lipinski definition) is 4. The maximum absolute atomic E-state index is 12.3. The van der Waals surface area contributed by atoms with E-state index in [1.165, 1.54) is 6.20 Å². The number of nitrogens with one attached hydrogen (secondary N) is 1. The van der Waals surface area contributed by atoms with Crippen LogP contribution in [0.3, 0.4) is 0 Å². The zero-order valence-corrected chi connectivity index (χ0v) is 10.8. The Hall–Kier alpha value is -1.49. The molecule has 98 valence electrons. The number of piperidine rings is 1. The van der Waals surface area contributed by atoms with Crippen LogP contribution in [0.1, 0.15) is 30.1 Å². The molecule has 1 aliphatic rings. The van der Waals surface area contributed by atoms with Gasteiger partial charge in [0.1, 0.15) is 0 Å². The van der Waals surface area contributed by atoms with Gasteiger partial charge in [-0.3, -0.25) is 4.79 Å². The van der Waals surface area contributed by atoms with E-state index in [1.807, 2.05) is 11.8 Å². The number of nitrogens with zero attached hydrogens (tertiary/aromatic N) is 3. The van der Waals surface area contributed by atoms with Gasteiger partial charge in [0.25, 0.3) is 5.91 Å². The highest BCUT2D eigenvalue weighted by molar-refractivity contribution is 5.93. The highest BCUT2D eigenvalue weighted by Crippen LogP contribution is 2.14. The van der Waals surface area contributed by atoms with Crippen molar-refractivity contribution in [2.75, 3.05) is 26.2 Å². The summed E-state index contributed by atoms with van der Waals surface area (Å²) in [7, 11) is 0. The van der Waals surface area contributed by atoms with Crippen molar-refractivity contribution >= 4 is 5.91 Å². The van der Waals surface area contributed by atoms with Crippen molar-refractivity contribution < 1.29 is 4.79 Å². The van der Waals surface area contributed by atoms with Crippen LogP contribution in [0.2, 0.25) is 0 Å². The van der Waals surface area contributed by atoms with Crippen LogP contribution in [0.15, 0.2) is 18.5 Å². The molecule has 1 amide bonds. The predicted molar refractivity (Wildman–Crippen MR) is 69.2 cm³/mol. The average Bonchev–Trinajstić information content (AvgIpc) is 2.46. The molecule has 0 spiro atoms. The summed E-state index contributed by atoms with van der Waals surface area (Å²) in [5.74, 6) is 0.677. The van der Waals surface area contributed by atoms with E-state index in [1.54, 1.807) is 12.3 Å². The monoisotopic (exact) mass is 248 g/mol. The van der Waals surface area contributed by atoms with E-state index >= 15 is 0 Å². The Kier molecular flexibility index (Phi) is 4.64. The average molecular weight is 248 g/mol. The van der Waals surface area contributed by atoms with Crippen LogP contribution in [0, 0.1) is 5.92 Å². The second-order valence-corrected chi connectivity index (χ2v) is 4.67. The van der Waals surface area contributed by atoms with Gasteiger partial charge in [0, 0.05) is 13.1 Å². The van der Waals surface area contributed by atoms with Crippen molar-refractivity contribution in [3.8, 4) is 0 Å². The normalized spacial score (nSPS) is 16.5. The predicted octanol–water partition coefficient (Wildman–Crippen LogP) is 0.938. The van der Waals surface area contributed by atoms with Crippen molar-refractivity contribution in [3.63, 3.8) is 0 Å². The summed E-state index contributed by atoms with van der Waals surface area (Å²) < 4.78 is 0. The molecule has 0 aliphatic carbocycles. The van der Waals surface area contributed by atoms with Crippen molar-refractivity contribution in [1.29, 1.82) is 0 Å². The minimum atomic E-state index is 0.0610. The van der Waals surface area contributed by atoms with Gasteiger partial charge in [-0.2, -0.15) is 10.2 Å². The number of hydrogen-bond donors (Lipinski definition) is 1.